The van der Waals surface area contributed by atoms with E-state index in [9.17, 15) is 4.39 Å². The monoisotopic (exact) mass is 236 g/mol. The van der Waals surface area contributed by atoms with Crippen molar-refractivity contribution in [1.29, 1.82) is 0 Å². The van der Waals surface area contributed by atoms with Crippen molar-refractivity contribution in [2.75, 3.05) is 6.54 Å². The SMILES string of the molecule is CCNCc1nc(-c2cccc(F)c2)cs1. The number of aromatic nitrogens is 1. The number of hydrogen-bond acceptors (Lipinski definition) is 3. The molecule has 0 aliphatic rings. The van der Waals surface area contributed by atoms with Crippen molar-refractivity contribution in [2.24, 2.45) is 0 Å². The Morgan fingerprint density at radius 3 is 3.06 bits per heavy atom. The van der Waals surface area contributed by atoms with E-state index in [-0.39, 0.29) is 5.82 Å². The molecule has 0 amide bonds. The highest BCUT2D eigenvalue weighted by atomic mass is 32.1. The maximum absolute atomic E-state index is 13.0. The van der Waals surface area contributed by atoms with Crippen molar-refractivity contribution in [2.45, 2.75) is 13.5 Å². The highest BCUT2D eigenvalue weighted by Gasteiger charge is 2.04. The first-order valence-electron chi connectivity index (χ1n) is 5.20. The van der Waals surface area contributed by atoms with E-state index in [4.69, 9.17) is 0 Å². The van der Waals surface area contributed by atoms with Gasteiger partial charge in [-0.1, -0.05) is 19.1 Å². The molecule has 2 rings (SSSR count). The fourth-order valence-corrected chi connectivity index (χ4v) is 2.18. The molecule has 0 saturated carbocycles. The third-order valence-corrected chi connectivity index (χ3v) is 3.05. The van der Waals surface area contributed by atoms with Crippen LogP contribution in [-0.4, -0.2) is 11.5 Å². The molecule has 0 bridgehead atoms. The number of rotatable bonds is 4. The van der Waals surface area contributed by atoms with Crippen molar-refractivity contribution in [3.05, 3.63) is 40.5 Å². The predicted molar refractivity (Wildman–Crippen MR) is 64.9 cm³/mol. The lowest BCUT2D eigenvalue weighted by Gasteiger charge is -1.97. The van der Waals surface area contributed by atoms with E-state index in [1.165, 1.54) is 12.1 Å². The van der Waals surface area contributed by atoms with Crippen molar-refractivity contribution in [3.63, 3.8) is 0 Å². The maximum atomic E-state index is 13.0. The zero-order valence-electron chi connectivity index (χ0n) is 9.03. The quantitative estimate of drug-likeness (QED) is 0.882. The van der Waals surface area contributed by atoms with Gasteiger partial charge in [-0.05, 0) is 18.7 Å². The van der Waals surface area contributed by atoms with Gasteiger partial charge in [0.2, 0.25) is 0 Å². The molecule has 0 fully saturated rings. The van der Waals surface area contributed by atoms with Crippen LogP contribution in [0.3, 0.4) is 0 Å². The molecule has 0 unspecified atom stereocenters. The number of nitrogens with one attached hydrogen (secondary N) is 1. The Balaban J connectivity index is 2.18. The Morgan fingerprint density at radius 2 is 2.31 bits per heavy atom. The van der Waals surface area contributed by atoms with Gasteiger partial charge in [0.15, 0.2) is 0 Å². The smallest absolute Gasteiger partial charge is 0.123 e. The number of benzene rings is 1. The molecule has 0 spiro atoms. The minimum atomic E-state index is -0.223. The van der Waals surface area contributed by atoms with Gasteiger partial charge in [-0.15, -0.1) is 11.3 Å². The summed E-state index contributed by atoms with van der Waals surface area (Å²) in [6.45, 7) is 3.76. The predicted octanol–water partition coefficient (Wildman–Crippen LogP) is 3.06. The molecule has 16 heavy (non-hydrogen) atoms. The first kappa shape index (κ1) is 11.2. The van der Waals surface area contributed by atoms with Gasteiger partial charge in [0.25, 0.3) is 0 Å². The van der Waals surface area contributed by atoms with E-state index in [0.29, 0.717) is 0 Å². The molecule has 0 aliphatic carbocycles. The number of nitrogens with zero attached hydrogens (tertiary/aromatic N) is 1. The second-order valence-corrected chi connectivity index (χ2v) is 4.36. The molecule has 0 saturated heterocycles. The number of thiazole rings is 1. The van der Waals surface area contributed by atoms with Crippen LogP contribution in [0.2, 0.25) is 0 Å². The van der Waals surface area contributed by atoms with E-state index >= 15 is 0 Å². The first-order chi connectivity index (χ1) is 7.79. The molecule has 1 aromatic heterocycles. The summed E-state index contributed by atoms with van der Waals surface area (Å²) in [6.07, 6.45) is 0. The summed E-state index contributed by atoms with van der Waals surface area (Å²) in [6, 6.07) is 6.52. The molecule has 2 aromatic rings. The average Bonchev–Trinajstić information content (AvgIpc) is 2.75. The van der Waals surface area contributed by atoms with Gasteiger partial charge in [-0.3, -0.25) is 0 Å². The Bertz CT molecular complexity index is 468. The van der Waals surface area contributed by atoms with Crippen LogP contribution in [-0.2, 0) is 6.54 Å². The molecule has 2 nitrogen and oxygen atoms in total. The van der Waals surface area contributed by atoms with E-state index in [2.05, 4.69) is 17.2 Å². The van der Waals surface area contributed by atoms with Gasteiger partial charge in [0.1, 0.15) is 10.8 Å². The maximum Gasteiger partial charge on any atom is 0.123 e. The van der Waals surface area contributed by atoms with Gasteiger partial charge < -0.3 is 5.32 Å². The standard InChI is InChI=1S/C12H13FN2S/c1-2-14-7-12-15-11(8-16-12)9-4-3-5-10(13)6-9/h3-6,8,14H,2,7H2,1H3. The van der Waals surface area contributed by atoms with Crippen LogP contribution in [0.4, 0.5) is 4.39 Å². The summed E-state index contributed by atoms with van der Waals surface area (Å²) in [5.74, 6) is -0.223. The largest absolute Gasteiger partial charge is 0.311 e. The molecular weight excluding hydrogens is 223 g/mol. The summed E-state index contributed by atoms with van der Waals surface area (Å²) in [5.41, 5.74) is 1.68. The van der Waals surface area contributed by atoms with Crippen LogP contribution in [0, 0.1) is 5.82 Å². The Kier molecular flexibility index (Phi) is 3.64. The van der Waals surface area contributed by atoms with Crippen molar-refractivity contribution in [3.8, 4) is 11.3 Å². The third-order valence-electron chi connectivity index (χ3n) is 2.20. The summed E-state index contributed by atoms with van der Waals surface area (Å²) in [7, 11) is 0. The highest BCUT2D eigenvalue weighted by Crippen LogP contribution is 2.22. The zero-order chi connectivity index (χ0) is 11.4. The third kappa shape index (κ3) is 2.65. The van der Waals surface area contributed by atoms with Crippen molar-refractivity contribution < 1.29 is 4.39 Å². The van der Waals surface area contributed by atoms with Crippen LogP contribution in [0.5, 0.6) is 0 Å². The summed E-state index contributed by atoms with van der Waals surface area (Å²) < 4.78 is 13.0. The number of hydrogen-bond donors (Lipinski definition) is 1. The average molecular weight is 236 g/mol. The van der Waals surface area contributed by atoms with Crippen LogP contribution >= 0.6 is 11.3 Å². The summed E-state index contributed by atoms with van der Waals surface area (Å²) in [5, 5.41) is 6.20. The van der Waals surface area contributed by atoms with E-state index in [0.717, 1.165) is 29.4 Å². The molecule has 0 atom stereocenters. The fourth-order valence-electron chi connectivity index (χ4n) is 1.40. The molecule has 0 aliphatic heterocycles. The summed E-state index contributed by atoms with van der Waals surface area (Å²) >= 11 is 1.59. The van der Waals surface area contributed by atoms with Gasteiger partial charge in [-0.25, -0.2) is 9.37 Å². The lowest BCUT2D eigenvalue weighted by molar-refractivity contribution is 0.628. The molecule has 84 valence electrons. The molecule has 1 aromatic carbocycles. The first-order valence-corrected chi connectivity index (χ1v) is 6.08. The lowest BCUT2D eigenvalue weighted by Crippen LogP contribution is -2.11. The number of halogens is 1. The molecule has 0 radical (unpaired) electrons. The second kappa shape index (κ2) is 5.18. The van der Waals surface area contributed by atoms with E-state index < -0.39 is 0 Å². The topological polar surface area (TPSA) is 24.9 Å². The van der Waals surface area contributed by atoms with Gasteiger partial charge in [-0.2, -0.15) is 0 Å². The van der Waals surface area contributed by atoms with Crippen LogP contribution in [0.1, 0.15) is 11.9 Å². The molecule has 1 heterocycles. The lowest BCUT2D eigenvalue weighted by atomic mass is 10.2. The minimum absolute atomic E-state index is 0.223. The van der Waals surface area contributed by atoms with Gasteiger partial charge in [0.05, 0.1) is 5.69 Å². The molecule has 1 N–H and O–H groups in total. The van der Waals surface area contributed by atoms with Crippen LogP contribution < -0.4 is 5.32 Å². The Morgan fingerprint density at radius 1 is 1.44 bits per heavy atom. The highest BCUT2D eigenvalue weighted by molar-refractivity contribution is 7.09. The summed E-state index contributed by atoms with van der Waals surface area (Å²) in [4.78, 5) is 4.45. The molecule has 4 heteroatoms. The van der Waals surface area contributed by atoms with Crippen molar-refractivity contribution in [1.82, 2.24) is 10.3 Å². The van der Waals surface area contributed by atoms with E-state index in [1.807, 2.05) is 11.4 Å². The molecular formula is C12H13FN2S. The van der Waals surface area contributed by atoms with Crippen LogP contribution in [0.25, 0.3) is 11.3 Å². The Labute approximate surface area is 98.2 Å². The van der Waals surface area contributed by atoms with Gasteiger partial charge in [0, 0.05) is 17.5 Å². The fraction of sp³-hybridized carbons (Fsp3) is 0.250. The second-order valence-electron chi connectivity index (χ2n) is 3.42. The Hall–Kier alpha value is -1.26. The zero-order valence-corrected chi connectivity index (χ0v) is 9.85. The van der Waals surface area contributed by atoms with Gasteiger partial charge >= 0.3 is 0 Å². The van der Waals surface area contributed by atoms with E-state index in [1.54, 1.807) is 17.4 Å². The minimum Gasteiger partial charge on any atom is -0.311 e. The van der Waals surface area contributed by atoms with Crippen molar-refractivity contribution >= 4 is 11.3 Å². The van der Waals surface area contributed by atoms with Crippen LogP contribution in [0.15, 0.2) is 29.6 Å². The normalized spacial score (nSPS) is 10.6.